The van der Waals surface area contributed by atoms with Crippen LogP contribution in [-0.4, -0.2) is 50.2 Å². The van der Waals surface area contributed by atoms with E-state index in [0.29, 0.717) is 24.0 Å². The van der Waals surface area contributed by atoms with Crippen LogP contribution in [0.25, 0.3) is 0 Å². The summed E-state index contributed by atoms with van der Waals surface area (Å²) in [6, 6.07) is 7.49. The largest absolute Gasteiger partial charge is 0.485 e. The summed E-state index contributed by atoms with van der Waals surface area (Å²) >= 11 is 0. The number of carbonyl (C=O) groups excluding carboxylic acids is 1. The van der Waals surface area contributed by atoms with E-state index in [9.17, 15) is 4.79 Å². The van der Waals surface area contributed by atoms with Gasteiger partial charge in [0, 0.05) is 13.1 Å². The van der Waals surface area contributed by atoms with E-state index >= 15 is 0 Å². The topological polar surface area (TPSA) is 50.8 Å². The van der Waals surface area contributed by atoms with Gasteiger partial charge in [-0.05, 0) is 44.5 Å². The number of piperidine rings is 1. The maximum absolute atomic E-state index is 12.6. The third-order valence-electron chi connectivity index (χ3n) is 4.11. The molecule has 0 bridgehead atoms. The van der Waals surface area contributed by atoms with Crippen molar-refractivity contribution in [1.82, 2.24) is 10.2 Å². The van der Waals surface area contributed by atoms with Crippen molar-refractivity contribution < 1.29 is 14.3 Å². The average molecular weight is 290 g/mol. The number of fused-ring (bicyclic) bond motifs is 1. The average Bonchev–Trinajstić information content (AvgIpc) is 2.54. The van der Waals surface area contributed by atoms with Crippen LogP contribution in [0.5, 0.6) is 11.5 Å². The number of para-hydroxylation sites is 2. The molecule has 5 nitrogen and oxygen atoms in total. The number of ether oxygens (including phenoxy) is 2. The first-order valence-electron chi connectivity index (χ1n) is 7.60. The summed E-state index contributed by atoms with van der Waals surface area (Å²) < 4.78 is 11.4. The Hall–Kier alpha value is -1.75. The fraction of sp³-hybridized carbons (Fsp3) is 0.562. The lowest BCUT2D eigenvalue weighted by Gasteiger charge is -2.36. The van der Waals surface area contributed by atoms with E-state index in [2.05, 4.69) is 5.32 Å². The minimum absolute atomic E-state index is 0.0466. The van der Waals surface area contributed by atoms with Gasteiger partial charge in [0.1, 0.15) is 6.61 Å². The Morgan fingerprint density at radius 2 is 2.19 bits per heavy atom. The molecule has 2 heterocycles. The molecule has 21 heavy (non-hydrogen) atoms. The van der Waals surface area contributed by atoms with Crippen molar-refractivity contribution in [1.29, 1.82) is 0 Å². The molecular formula is C16H22N2O3. The van der Waals surface area contributed by atoms with Crippen LogP contribution in [0, 0.1) is 5.92 Å². The van der Waals surface area contributed by atoms with Gasteiger partial charge in [-0.2, -0.15) is 0 Å². The summed E-state index contributed by atoms with van der Waals surface area (Å²) in [5.41, 5.74) is 0. The number of rotatable bonds is 3. The van der Waals surface area contributed by atoms with Crippen LogP contribution in [0.2, 0.25) is 0 Å². The Kier molecular flexibility index (Phi) is 4.29. The third-order valence-corrected chi connectivity index (χ3v) is 4.11. The fourth-order valence-corrected chi connectivity index (χ4v) is 3.07. The van der Waals surface area contributed by atoms with E-state index < -0.39 is 6.10 Å². The highest BCUT2D eigenvalue weighted by Crippen LogP contribution is 2.31. The zero-order chi connectivity index (χ0) is 14.7. The lowest BCUT2D eigenvalue weighted by molar-refractivity contribution is -0.143. The maximum Gasteiger partial charge on any atom is 0.267 e. The summed E-state index contributed by atoms with van der Waals surface area (Å²) in [6.07, 6.45) is 1.71. The molecule has 3 rings (SSSR count). The van der Waals surface area contributed by atoms with Gasteiger partial charge >= 0.3 is 0 Å². The monoisotopic (exact) mass is 290 g/mol. The summed E-state index contributed by atoms with van der Waals surface area (Å²) in [7, 11) is 1.95. The molecule has 2 atom stereocenters. The van der Waals surface area contributed by atoms with Gasteiger partial charge in [0.05, 0.1) is 0 Å². The molecule has 1 amide bonds. The number of hydrogen-bond donors (Lipinski definition) is 1. The minimum Gasteiger partial charge on any atom is -0.485 e. The summed E-state index contributed by atoms with van der Waals surface area (Å²) in [4.78, 5) is 14.5. The minimum atomic E-state index is -0.520. The van der Waals surface area contributed by atoms with Crippen molar-refractivity contribution >= 4 is 5.91 Å². The van der Waals surface area contributed by atoms with Crippen molar-refractivity contribution in [2.24, 2.45) is 5.92 Å². The van der Waals surface area contributed by atoms with Crippen LogP contribution in [0.15, 0.2) is 24.3 Å². The summed E-state index contributed by atoms with van der Waals surface area (Å²) in [6.45, 7) is 2.87. The number of carbonyl (C=O) groups is 1. The summed E-state index contributed by atoms with van der Waals surface area (Å²) in [5, 5.41) is 3.20. The Labute approximate surface area is 125 Å². The second-order valence-electron chi connectivity index (χ2n) is 5.71. The number of nitrogens with zero attached hydrogens (tertiary/aromatic N) is 1. The quantitative estimate of drug-likeness (QED) is 0.911. The van der Waals surface area contributed by atoms with Crippen LogP contribution < -0.4 is 14.8 Å². The molecule has 1 saturated heterocycles. The van der Waals surface area contributed by atoms with E-state index in [0.717, 1.165) is 26.1 Å². The maximum atomic E-state index is 12.6. The molecule has 1 aromatic rings. The molecule has 0 aromatic heterocycles. The van der Waals surface area contributed by atoms with Gasteiger partial charge < -0.3 is 19.7 Å². The molecular weight excluding hydrogens is 268 g/mol. The first kappa shape index (κ1) is 14.2. The van der Waals surface area contributed by atoms with Crippen molar-refractivity contribution in [2.45, 2.75) is 18.9 Å². The number of hydrogen-bond acceptors (Lipinski definition) is 4. The molecule has 2 aliphatic heterocycles. The van der Waals surface area contributed by atoms with Crippen LogP contribution in [0.1, 0.15) is 12.8 Å². The van der Waals surface area contributed by atoms with Crippen molar-refractivity contribution in [3.63, 3.8) is 0 Å². The smallest absolute Gasteiger partial charge is 0.267 e. The van der Waals surface area contributed by atoms with Crippen molar-refractivity contribution in [2.75, 3.05) is 33.3 Å². The molecule has 114 valence electrons. The van der Waals surface area contributed by atoms with Crippen LogP contribution in [0.4, 0.5) is 0 Å². The number of amides is 1. The highest BCUT2D eigenvalue weighted by atomic mass is 16.6. The normalized spacial score (nSPS) is 24.7. The highest BCUT2D eigenvalue weighted by Gasteiger charge is 2.33. The van der Waals surface area contributed by atoms with E-state index in [1.165, 1.54) is 6.42 Å². The second-order valence-corrected chi connectivity index (χ2v) is 5.71. The van der Waals surface area contributed by atoms with E-state index in [-0.39, 0.29) is 5.91 Å². The van der Waals surface area contributed by atoms with Gasteiger partial charge in [-0.1, -0.05) is 12.1 Å². The van der Waals surface area contributed by atoms with Gasteiger partial charge in [-0.15, -0.1) is 0 Å². The van der Waals surface area contributed by atoms with Crippen LogP contribution in [-0.2, 0) is 4.79 Å². The summed E-state index contributed by atoms with van der Waals surface area (Å²) in [5.74, 6) is 1.95. The van der Waals surface area contributed by atoms with Crippen LogP contribution >= 0.6 is 0 Å². The molecule has 0 radical (unpaired) electrons. The highest BCUT2D eigenvalue weighted by molar-refractivity contribution is 5.82. The van der Waals surface area contributed by atoms with E-state index in [1.54, 1.807) is 0 Å². The van der Waals surface area contributed by atoms with Gasteiger partial charge in [-0.25, -0.2) is 0 Å². The Morgan fingerprint density at radius 1 is 1.38 bits per heavy atom. The fourth-order valence-electron chi connectivity index (χ4n) is 3.07. The van der Waals surface area contributed by atoms with Crippen molar-refractivity contribution in [3.05, 3.63) is 24.3 Å². The number of likely N-dealkylation sites (tertiary alicyclic amines) is 1. The molecule has 1 N–H and O–H groups in total. The molecule has 2 aliphatic rings. The van der Waals surface area contributed by atoms with Gasteiger partial charge in [-0.3, -0.25) is 4.79 Å². The predicted octanol–water partition coefficient (Wildman–Crippen LogP) is 1.28. The van der Waals surface area contributed by atoms with Crippen LogP contribution in [0.3, 0.4) is 0 Å². The standard InChI is InChI=1S/C16H22N2O3/c1-17-9-12-5-4-8-18(10-12)16(19)15-11-20-13-6-2-3-7-14(13)21-15/h2-3,6-7,12,15,17H,4-5,8-11H2,1H3. The number of nitrogens with one attached hydrogen (secondary N) is 1. The molecule has 0 aliphatic carbocycles. The molecule has 5 heteroatoms. The Morgan fingerprint density at radius 3 is 3.00 bits per heavy atom. The Bertz CT molecular complexity index is 504. The Balaban J connectivity index is 1.63. The molecule has 1 aromatic carbocycles. The predicted molar refractivity (Wildman–Crippen MR) is 79.6 cm³/mol. The second kappa shape index (κ2) is 6.35. The van der Waals surface area contributed by atoms with Crippen molar-refractivity contribution in [3.8, 4) is 11.5 Å². The zero-order valence-electron chi connectivity index (χ0n) is 12.4. The first-order chi connectivity index (χ1) is 10.3. The van der Waals surface area contributed by atoms with Gasteiger partial charge in [0.25, 0.3) is 5.91 Å². The van der Waals surface area contributed by atoms with Gasteiger partial charge in [0.15, 0.2) is 11.5 Å². The molecule has 2 unspecified atom stereocenters. The van der Waals surface area contributed by atoms with E-state index in [4.69, 9.17) is 9.47 Å². The number of benzene rings is 1. The van der Waals surface area contributed by atoms with Gasteiger partial charge in [0.2, 0.25) is 6.10 Å². The first-order valence-corrected chi connectivity index (χ1v) is 7.60. The third kappa shape index (κ3) is 3.13. The SMILES string of the molecule is CNCC1CCCN(C(=O)C2COc3ccccc3O2)C1. The lowest BCUT2D eigenvalue weighted by atomic mass is 9.97. The molecule has 1 fully saturated rings. The zero-order valence-corrected chi connectivity index (χ0v) is 12.4. The van der Waals surface area contributed by atoms with E-state index in [1.807, 2.05) is 36.2 Å². The molecule has 0 spiro atoms. The molecule has 0 saturated carbocycles. The lowest BCUT2D eigenvalue weighted by Crippen LogP contribution is -2.50.